The number of thioether (sulfide) groups is 1. The van der Waals surface area contributed by atoms with E-state index in [1.165, 1.54) is 16.0 Å². The fourth-order valence-corrected chi connectivity index (χ4v) is 2.75. The first-order valence-electron chi connectivity index (χ1n) is 6.36. The van der Waals surface area contributed by atoms with Gasteiger partial charge in [-0.15, -0.1) is 11.8 Å². The minimum Gasteiger partial charge on any atom is -0.327 e. The highest BCUT2D eigenvalue weighted by atomic mass is 32.2. The second-order valence-electron chi connectivity index (χ2n) is 5.69. The molecule has 0 fully saturated rings. The largest absolute Gasteiger partial charge is 0.327 e. The Labute approximate surface area is 110 Å². The van der Waals surface area contributed by atoms with Gasteiger partial charge in [0.25, 0.3) is 0 Å². The summed E-state index contributed by atoms with van der Waals surface area (Å²) in [4.78, 5) is 1.38. The Hall–Kier alpha value is -0.470. The highest BCUT2D eigenvalue weighted by Crippen LogP contribution is 2.34. The quantitative estimate of drug-likeness (QED) is 0.813. The van der Waals surface area contributed by atoms with Crippen molar-refractivity contribution in [3.63, 3.8) is 0 Å². The van der Waals surface area contributed by atoms with Crippen LogP contribution in [-0.2, 0) is 6.42 Å². The van der Waals surface area contributed by atoms with Crippen LogP contribution in [0.5, 0.6) is 0 Å². The zero-order chi connectivity index (χ0) is 13.1. The fourth-order valence-electron chi connectivity index (χ4n) is 1.73. The summed E-state index contributed by atoms with van der Waals surface area (Å²) in [5.41, 5.74) is 8.71. The normalized spacial score (nSPS) is 13.8. The molecule has 2 heteroatoms. The molecule has 1 unspecified atom stereocenters. The van der Waals surface area contributed by atoms with E-state index in [1.54, 1.807) is 0 Å². The Morgan fingerprint density at radius 2 is 1.94 bits per heavy atom. The third kappa shape index (κ3) is 5.13. The molecule has 2 N–H and O–H groups in total. The lowest BCUT2D eigenvalue weighted by Gasteiger charge is -2.19. The van der Waals surface area contributed by atoms with Crippen molar-refractivity contribution in [1.82, 2.24) is 0 Å². The van der Waals surface area contributed by atoms with Gasteiger partial charge in [-0.05, 0) is 37.0 Å². The van der Waals surface area contributed by atoms with Crippen LogP contribution in [0.15, 0.2) is 23.1 Å². The summed E-state index contributed by atoms with van der Waals surface area (Å²) in [5.74, 6) is 0. The van der Waals surface area contributed by atoms with Crippen LogP contribution >= 0.6 is 11.8 Å². The maximum Gasteiger partial charge on any atom is 0.0122 e. The van der Waals surface area contributed by atoms with Crippen molar-refractivity contribution in [2.45, 2.75) is 63.1 Å². The summed E-state index contributed by atoms with van der Waals surface area (Å²) in [5, 5.41) is 0. The van der Waals surface area contributed by atoms with Gasteiger partial charge in [0.05, 0.1) is 0 Å². The summed E-state index contributed by atoms with van der Waals surface area (Å²) in [6, 6.07) is 7.03. The SMILES string of the molecule is CCC(N)Cc1ccc(SC(C)(C)C)c(C)c1. The molecule has 1 nitrogen and oxygen atoms in total. The molecule has 0 spiro atoms. The van der Waals surface area contributed by atoms with Gasteiger partial charge in [-0.3, -0.25) is 0 Å². The van der Waals surface area contributed by atoms with E-state index in [1.807, 2.05) is 11.8 Å². The Balaban J connectivity index is 2.79. The zero-order valence-corrected chi connectivity index (χ0v) is 12.5. The van der Waals surface area contributed by atoms with Crippen molar-refractivity contribution in [3.05, 3.63) is 29.3 Å². The van der Waals surface area contributed by atoms with Gasteiger partial charge < -0.3 is 5.73 Å². The molecule has 0 bridgehead atoms. The number of hydrogen-bond donors (Lipinski definition) is 1. The first-order valence-corrected chi connectivity index (χ1v) is 7.17. The highest BCUT2D eigenvalue weighted by molar-refractivity contribution is 8.00. The average molecular weight is 251 g/mol. The van der Waals surface area contributed by atoms with Gasteiger partial charge >= 0.3 is 0 Å². The van der Waals surface area contributed by atoms with Gasteiger partial charge in [-0.2, -0.15) is 0 Å². The molecule has 1 rings (SSSR count). The van der Waals surface area contributed by atoms with Crippen LogP contribution in [-0.4, -0.2) is 10.8 Å². The Morgan fingerprint density at radius 3 is 2.41 bits per heavy atom. The van der Waals surface area contributed by atoms with E-state index in [-0.39, 0.29) is 10.8 Å². The van der Waals surface area contributed by atoms with Crippen molar-refractivity contribution in [2.75, 3.05) is 0 Å². The molecule has 1 aromatic rings. The molecule has 0 amide bonds. The highest BCUT2D eigenvalue weighted by Gasteiger charge is 2.13. The molecule has 0 saturated heterocycles. The van der Waals surface area contributed by atoms with E-state index in [0.717, 1.165) is 12.8 Å². The molecule has 1 aromatic carbocycles. The third-order valence-electron chi connectivity index (χ3n) is 2.68. The van der Waals surface area contributed by atoms with Crippen molar-refractivity contribution < 1.29 is 0 Å². The van der Waals surface area contributed by atoms with E-state index in [0.29, 0.717) is 0 Å². The number of rotatable bonds is 4. The van der Waals surface area contributed by atoms with Crippen LogP contribution in [0, 0.1) is 6.92 Å². The number of hydrogen-bond acceptors (Lipinski definition) is 2. The fraction of sp³-hybridized carbons (Fsp3) is 0.600. The Bertz CT molecular complexity index is 366. The number of benzene rings is 1. The van der Waals surface area contributed by atoms with E-state index in [9.17, 15) is 0 Å². The van der Waals surface area contributed by atoms with Crippen LogP contribution in [0.25, 0.3) is 0 Å². The third-order valence-corrected chi connectivity index (χ3v) is 3.97. The molecular formula is C15H25NS. The summed E-state index contributed by atoms with van der Waals surface area (Å²) in [7, 11) is 0. The van der Waals surface area contributed by atoms with E-state index in [4.69, 9.17) is 5.73 Å². The molecule has 0 aliphatic rings. The lowest BCUT2D eigenvalue weighted by atomic mass is 10.0. The smallest absolute Gasteiger partial charge is 0.0122 e. The van der Waals surface area contributed by atoms with Crippen molar-refractivity contribution >= 4 is 11.8 Å². The maximum atomic E-state index is 5.99. The maximum absolute atomic E-state index is 5.99. The molecular weight excluding hydrogens is 226 g/mol. The van der Waals surface area contributed by atoms with Crippen LogP contribution < -0.4 is 5.73 Å². The molecule has 0 saturated carbocycles. The zero-order valence-electron chi connectivity index (χ0n) is 11.7. The molecule has 1 atom stereocenters. The van der Waals surface area contributed by atoms with E-state index >= 15 is 0 Å². The summed E-state index contributed by atoms with van der Waals surface area (Å²) in [6.07, 6.45) is 2.02. The van der Waals surface area contributed by atoms with Crippen LogP contribution in [0.3, 0.4) is 0 Å². The van der Waals surface area contributed by atoms with Crippen molar-refractivity contribution in [2.24, 2.45) is 5.73 Å². The van der Waals surface area contributed by atoms with Crippen molar-refractivity contribution in [1.29, 1.82) is 0 Å². The lowest BCUT2D eigenvalue weighted by Crippen LogP contribution is -2.21. The predicted molar refractivity (Wildman–Crippen MR) is 78.8 cm³/mol. The van der Waals surface area contributed by atoms with E-state index < -0.39 is 0 Å². The van der Waals surface area contributed by atoms with Gasteiger partial charge in [-0.25, -0.2) is 0 Å². The van der Waals surface area contributed by atoms with Crippen molar-refractivity contribution in [3.8, 4) is 0 Å². The molecule has 0 aliphatic carbocycles. The second kappa shape index (κ2) is 5.92. The number of nitrogens with two attached hydrogens (primary N) is 1. The Morgan fingerprint density at radius 1 is 1.29 bits per heavy atom. The first kappa shape index (κ1) is 14.6. The lowest BCUT2D eigenvalue weighted by molar-refractivity contribution is 0.646. The summed E-state index contributed by atoms with van der Waals surface area (Å²) in [6.45, 7) is 11.1. The Kier molecular flexibility index (Phi) is 5.08. The van der Waals surface area contributed by atoms with Gasteiger partial charge in [0.15, 0.2) is 0 Å². The van der Waals surface area contributed by atoms with Crippen LogP contribution in [0.4, 0.5) is 0 Å². The minimum absolute atomic E-state index is 0.270. The second-order valence-corrected chi connectivity index (χ2v) is 7.56. The van der Waals surface area contributed by atoms with Gasteiger partial charge in [0, 0.05) is 15.7 Å². The molecule has 0 radical (unpaired) electrons. The molecule has 96 valence electrons. The molecule has 0 aromatic heterocycles. The predicted octanol–water partition coefficient (Wildman–Crippen LogP) is 4.17. The van der Waals surface area contributed by atoms with Gasteiger partial charge in [-0.1, -0.05) is 39.8 Å². The van der Waals surface area contributed by atoms with Crippen LogP contribution in [0.1, 0.15) is 45.2 Å². The summed E-state index contributed by atoms with van der Waals surface area (Å²) < 4.78 is 0.270. The topological polar surface area (TPSA) is 26.0 Å². The van der Waals surface area contributed by atoms with Gasteiger partial charge in [0.2, 0.25) is 0 Å². The average Bonchev–Trinajstić information content (AvgIpc) is 2.20. The summed E-state index contributed by atoms with van der Waals surface area (Å²) >= 11 is 1.93. The number of aryl methyl sites for hydroxylation is 1. The molecule has 0 aliphatic heterocycles. The monoisotopic (exact) mass is 251 g/mol. The minimum atomic E-state index is 0.270. The first-order chi connectivity index (χ1) is 7.81. The standard InChI is InChI=1S/C15H25NS/c1-6-13(16)10-12-7-8-14(11(2)9-12)17-15(3,4)5/h7-9,13H,6,10,16H2,1-5H3. The van der Waals surface area contributed by atoms with E-state index in [2.05, 4.69) is 52.8 Å². The van der Waals surface area contributed by atoms with Crippen LogP contribution in [0.2, 0.25) is 0 Å². The molecule has 0 heterocycles. The molecule has 17 heavy (non-hydrogen) atoms. The van der Waals surface area contributed by atoms with Gasteiger partial charge in [0.1, 0.15) is 0 Å².